The summed E-state index contributed by atoms with van der Waals surface area (Å²) in [5.41, 5.74) is 8.77. The fraction of sp³-hybridized carbons (Fsp3) is 0.364. The van der Waals surface area contributed by atoms with Crippen molar-refractivity contribution >= 4 is 30.7 Å². The number of allylic oxidation sites excluding steroid dienone is 2. The molecule has 0 N–H and O–H groups in total. The van der Waals surface area contributed by atoms with Crippen LogP contribution in [0.4, 0.5) is 0 Å². The van der Waals surface area contributed by atoms with Crippen molar-refractivity contribution in [1.29, 1.82) is 0 Å². The summed E-state index contributed by atoms with van der Waals surface area (Å²) >= 11 is 3.58. The van der Waals surface area contributed by atoms with Crippen molar-refractivity contribution in [3.05, 3.63) is 68.4 Å². The Morgan fingerprint density at radius 2 is 1.74 bits per heavy atom. The third-order valence-corrected chi connectivity index (χ3v) is 12.9. The van der Waals surface area contributed by atoms with Crippen molar-refractivity contribution in [2.45, 2.75) is 43.0 Å². The first kappa shape index (κ1) is 23.4. The SMILES string of the molecule is CC(C)C1=Cc2ccccc2[CH]1[Zr+2].CC1=C2c3ccsc3C1[Si]2(C)C.[Cl-].[Cl-]. The molecule has 3 heterocycles. The maximum absolute atomic E-state index is 2.51. The monoisotopic (exact) mass is 509 g/mol. The molecule has 0 fully saturated rings. The predicted octanol–water partition coefficient (Wildman–Crippen LogP) is 0.755. The topological polar surface area (TPSA) is 0 Å². The van der Waals surface area contributed by atoms with Gasteiger partial charge in [-0.25, -0.2) is 0 Å². The van der Waals surface area contributed by atoms with E-state index in [4.69, 9.17) is 0 Å². The third kappa shape index (κ3) is 3.57. The molecule has 27 heavy (non-hydrogen) atoms. The van der Waals surface area contributed by atoms with E-state index in [-0.39, 0.29) is 24.8 Å². The molecule has 2 aliphatic carbocycles. The number of rotatable bonds is 1. The number of thiophene rings is 1. The minimum absolute atomic E-state index is 0. The van der Waals surface area contributed by atoms with Crippen LogP contribution < -0.4 is 24.8 Å². The van der Waals surface area contributed by atoms with Gasteiger partial charge in [-0.15, -0.1) is 11.3 Å². The summed E-state index contributed by atoms with van der Waals surface area (Å²) in [6, 6.07) is 11.1. The van der Waals surface area contributed by atoms with Gasteiger partial charge in [0, 0.05) is 10.4 Å². The summed E-state index contributed by atoms with van der Waals surface area (Å²) in [5.74, 6) is 0.691. The Balaban J connectivity index is 0.000000180. The van der Waals surface area contributed by atoms with E-state index in [9.17, 15) is 0 Å². The second kappa shape index (κ2) is 8.44. The van der Waals surface area contributed by atoms with E-state index in [0.29, 0.717) is 9.54 Å². The molecule has 141 valence electrons. The summed E-state index contributed by atoms with van der Waals surface area (Å²) in [5, 5.41) is 4.01. The standard InChI is InChI=1S/C12H13.C10H12SSi.2ClH.Zr/c1-9(2)12-7-10-5-3-4-6-11(10)8-12;1-6-9-7-4-5-11-8(7)10(6)12(9,2)3;;;/h3-9H,1-2H3;4-5,10H,1-3H3;2*1H;/q;;;;+2/p-2. The molecule has 0 saturated carbocycles. The minimum atomic E-state index is -0.972. The maximum atomic E-state index is 2.51. The van der Waals surface area contributed by atoms with Crippen LogP contribution in [0.5, 0.6) is 0 Å². The Kier molecular flexibility index (Phi) is 7.30. The molecule has 1 aromatic heterocycles. The van der Waals surface area contributed by atoms with Gasteiger partial charge in [-0.2, -0.15) is 0 Å². The van der Waals surface area contributed by atoms with Crippen LogP contribution in [0.1, 0.15) is 51.5 Å². The molecule has 5 heteroatoms. The van der Waals surface area contributed by atoms with Crippen molar-refractivity contribution in [3.8, 4) is 0 Å². The first-order chi connectivity index (χ1) is 11.8. The summed E-state index contributed by atoms with van der Waals surface area (Å²) in [7, 11) is -0.972. The third-order valence-electron chi connectivity index (χ3n) is 6.05. The first-order valence-electron chi connectivity index (χ1n) is 9.14. The van der Waals surface area contributed by atoms with E-state index in [1.54, 1.807) is 51.5 Å². The van der Waals surface area contributed by atoms with Crippen LogP contribution in [-0.2, 0) is 24.7 Å². The summed E-state index contributed by atoms with van der Waals surface area (Å²) in [4.78, 5) is 1.68. The van der Waals surface area contributed by atoms with Gasteiger partial charge in [0.15, 0.2) is 0 Å². The number of halogens is 2. The number of benzene rings is 1. The first-order valence-corrected chi connectivity index (χ1v) is 14.5. The molecule has 0 amide bonds. The Bertz CT molecular complexity index is 911. The van der Waals surface area contributed by atoms with Gasteiger partial charge in [-0.05, 0) is 23.9 Å². The van der Waals surface area contributed by atoms with Gasteiger partial charge in [0.25, 0.3) is 0 Å². The number of hydrogen-bond donors (Lipinski definition) is 0. The molecule has 6 rings (SSSR count). The maximum Gasteiger partial charge on any atom is 0.0941 e. The largest absolute Gasteiger partial charge is 1.00 e. The molecular formula is C22H25Cl2SSiZr. The van der Waals surface area contributed by atoms with E-state index in [0.717, 1.165) is 5.54 Å². The molecule has 2 unspecified atom stereocenters. The number of fused-ring (bicyclic) bond motifs is 1. The van der Waals surface area contributed by atoms with E-state index in [2.05, 4.69) is 75.7 Å². The van der Waals surface area contributed by atoms with Crippen molar-refractivity contribution in [3.63, 3.8) is 0 Å². The molecular weight excluding hydrogens is 487 g/mol. The smallest absolute Gasteiger partial charge is 0.0941 e. The van der Waals surface area contributed by atoms with Gasteiger partial charge in [0.2, 0.25) is 0 Å². The van der Waals surface area contributed by atoms with Crippen LogP contribution >= 0.6 is 11.3 Å². The van der Waals surface area contributed by atoms with E-state index in [1.165, 1.54) is 11.1 Å². The Morgan fingerprint density at radius 1 is 1.07 bits per heavy atom. The fourth-order valence-corrected chi connectivity index (χ4v) is 12.9. The van der Waals surface area contributed by atoms with Crippen LogP contribution in [0.3, 0.4) is 0 Å². The quantitative estimate of drug-likeness (QED) is 0.496. The molecule has 2 aromatic rings. The predicted molar refractivity (Wildman–Crippen MR) is 109 cm³/mol. The van der Waals surface area contributed by atoms with Gasteiger partial charge in [-0.1, -0.05) is 23.9 Å². The minimum Gasteiger partial charge on any atom is -1.00 e. The van der Waals surface area contributed by atoms with Gasteiger partial charge in [0.1, 0.15) is 0 Å². The van der Waals surface area contributed by atoms with Crippen LogP contribution in [0.15, 0.2) is 46.9 Å². The van der Waals surface area contributed by atoms with Gasteiger partial charge in [0.05, 0.1) is 8.07 Å². The molecule has 2 atom stereocenters. The summed E-state index contributed by atoms with van der Waals surface area (Å²) in [6.45, 7) is 11.9. The second-order valence-corrected chi connectivity index (χ2v) is 15.2. The Labute approximate surface area is 196 Å². The zero-order chi connectivity index (χ0) is 17.9. The fourth-order valence-electron chi connectivity index (χ4n) is 4.94. The van der Waals surface area contributed by atoms with Crippen molar-refractivity contribution in [2.75, 3.05) is 0 Å². The van der Waals surface area contributed by atoms with Crippen molar-refractivity contribution in [1.82, 2.24) is 0 Å². The zero-order valence-electron chi connectivity index (χ0n) is 16.4. The van der Waals surface area contributed by atoms with Crippen LogP contribution in [0.25, 0.3) is 11.3 Å². The molecule has 1 aromatic carbocycles. The van der Waals surface area contributed by atoms with E-state index >= 15 is 0 Å². The molecule has 0 spiro atoms. The average Bonchev–Trinajstić information content (AvgIpc) is 3.24. The molecule has 4 aliphatic rings. The average molecular weight is 512 g/mol. The van der Waals surface area contributed by atoms with Gasteiger partial charge >= 0.3 is 95.2 Å². The molecule has 0 nitrogen and oxygen atoms in total. The van der Waals surface area contributed by atoms with Crippen LogP contribution in [0, 0.1) is 5.92 Å². The summed E-state index contributed by atoms with van der Waals surface area (Å²) < 4.78 is 0.711. The Hall–Kier alpha value is 0.0800. The normalized spacial score (nSPS) is 22.6. The number of hydrogen-bond acceptors (Lipinski definition) is 1. The van der Waals surface area contributed by atoms with Crippen LogP contribution in [-0.4, -0.2) is 8.07 Å². The van der Waals surface area contributed by atoms with Gasteiger partial charge < -0.3 is 24.8 Å². The van der Waals surface area contributed by atoms with Crippen molar-refractivity contribution in [2.24, 2.45) is 5.92 Å². The van der Waals surface area contributed by atoms with E-state index in [1.807, 2.05) is 11.3 Å². The van der Waals surface area contributed by atoms with E-state index < -0.39 is 8.07 Å². The zero-order valence-corrected chi connectivity index (χ0v) is 22.2. The second-order valence-electron chi connectivity index (χ2n) is 8.27. The Morgan fingerprint density at radius 3 is 2.30 bits per heavy atom. The van der Waals surface area contributed by atoms with Crippen molar-refractivity contribution < 1.29 is 49.5 Å². The van der Waals surface area contributed by atoms with Gasteiger partial charge in [-0.3, -0.25) is 0 Å². The molecule has 0 saturated heterocycles. The molecule has 0 radical (unpaired) electrons. The molecule has 2 aliphatic heterocycles. The summed E-state index contributed by atoms with van der Waals surface area (Å²) in [6.07, 6.45) is 2.37. The van der Waals surface area contributed by atoms with Crippen LogP contribution in [0.2, 0.25) is 13.1 Å². The molecule has 2 bridgehead atoms.